The van der Waals surface area contributed by atoms with Gasteiger partial charge < -0.3 is 20.7 Å². The molecule has 0 spiro atoms. The number of rotatable bonds is 11. The molecule has 0 radical (unpaired) electrons. The first-order valence-corrected chi connectivity index (χ1v) is 11.3. The predicted octanol–water partition coefficient (Wildman–Crippen LogP) is 1.50. The number of hydrogen-bond acceptors (Lipinski definition) is 7. The van der Waals surface area contributed by atoms with Gasteiger partial charge in [-0.25, -0.2) is 4.79 Å². The number of halogens is 1. The van der Waals surface area contributed by atoms with Crippen LogP contribution in [0.5, 0.6) is 5.75 Å². The normalized spacial score (nSPS) is 10.9. The van der Waals surface area contributed by atoms with Crippen molar-refractivity contribution in [3.63, 3.8) is 0 Å². The summed E-state index contributed by atoms with van der Waals surface area (Å²) in [6.07, 6.45) is 1.51. The number of unbranched alkanes of at least 4 members (excludes halogenated alkanes) is 1. The number of ether oxygens (including phenoxy) is 1. The van der Waals surface area contributed by atoms with Crippen LogP contribution in [0.25, 0.3) is 0 Å². The zero-order valence-corrected chi connectivity index (χ0v) is 20.6. The van der Waals surface area contributed by atoms with Crippen LogP contribution in [0, 0.1) is 0 Å². The molecule has 186 valence electrons. The summed E-state index contributed by atoms with van der Waals surface area (Å²) in [6, 6.07) is 4.83. The van der Waals surface area contributed by atoms with Crippen LogP contribution in [-0.4, -0.2) is 60.1 Å². The first-order chi connectivity index (χ1) is 16.1. The molecular formula is C22H31ClN6O5. The van der Waals surface area contributed by atoms with E-state index in [1.165, 1.54) is 21.5 Å². The minimum atomic E-state index is -0.737. The first kappa shape index (κ1) is 26.9. The first-order valence-electron chi connectivity index (χ1n) is 10.9. The molecule has 2 amide bonds. The lowest BCUT2D eigenvalue weighted by Crippen LogP contribution is -2.45. The molecule has 0 aliphatic carbocycles. The lowest BCUT2D eigenvalue weighted by Gasteiger charge is -2.25. The van der Waals surface area contributed by atoms with E-state index in [1.54, 1.807) is 32.2 Å². The number of aromatic amines is 1. The molecule has 0 bridgehead atoms. The molecule has 1 aromatic carbocycles. The van der Waals surface area contributed by atoms with Crippen LogP contribution in [0.2, 0.25) is 5.02 Å². The number of carbonyl (C=O) groups excluding carboxylic acids is 2. The van der Waals surface area contributed by atoms with Crippen LogP contribution in [0.15, 0.2) is 27.8 Å². The van der Waals surface area contributed by atoms with Gasteiger partial charge in [0.15, 0.2) is 5.69 Å². The summed E-state index contributed by atoms with van der Waals surface area (Å²) in [5, 5.41) is 3.14. The van der Waals surface area contributed by atoms with Gasteiger partial charge in [0.05, 0.1) is 25.9 Å². The number of methoxy groups -OCH3 is 1. The highest BCUT2D eigenvalue weighted by Crippen LogP contribution is 2.27. The van der Waals surface area contributed by atoms with Crippen molar-refractivity contribution >= 4 is 40.6 Å². The van der Waals surface area contributed by atoms with Gasteiger partial charge in [0, 0.05) is 18.1 Å². The third-order valence-corrected chi connectivity index (χ3v) is 5.33. The van der Waals surface area contributed by atoms with Gasteiger partial charge in [0.2, 0.25) is 11.8 Å². The van der Waals surface area contributed by atoms with Gasteiger partial charge in [0.25, 0.3) is 5.56 Å². The molecule has 1 aromatic heterocycles. The number of aromatic nitrogens is 2. The lowest BCUT2D eigenvalue weighted by atomic mass is 10.3. The summed E-state index contributed by atoms with van der Waals surface area (Å²) in [4.78, 5) is 55.1. The highest BCUT2D eigenvalue weighted by molar-refractivity contribution is 6.31. The highest BCUT2D eigenvalue weighted by Gasteiger charge is 2.24. The lowest BCUT2D eigenvalue weighted by molar-refractivity contribution is -0.121. The number of likely N-dealkylation sites (N-methyl/N-ethyl adjacent to an activating group) is 2. The van der Waals surface area contributed by atoms with E-state index in [9.17, 15) is 19.2 Å². The SMILES string of the molecule is CCCCn1c(N)c(N(CC)C(=O)CN(C)CC(=O)Nc2cc(Cl)ccc2OC)c(=O)[nH]c1=O. The Balaban J connectivity index is 2.15. The van der Waals surface area contributed by atoms with Crippen LogP contribution < -0.4 is 31.9 Å². The third kappa shape index (κ3) is 6.61. The fourth-order valence-electron chi connectivity index (χ4n) is 3.42. The largest absolute Gasteiger partial charge is 0.495 e. The molecule has 0 aliphatic heterocycles. The van der Waals surface area contributed by atoms with Gasteiger partial charge >= 0.3 is 5.69 Å². The molecule has 0 saturated carbocycles. The van der Waals surface area contributed by atoms with Crippen molar-refractivity contribution in [2.75, 3.05) is 49.7 Å². The Morgan fingerprint density at radius 1 is 1.24 bits per heavy atom. The van der Waals surface area contributed by atoms with Crippen LogP contribution in [0.3, 0.4) is 0 Å². The molecule has 34 heavy (non-hydrogen) atoms. The number of nitrogens with zero attached hydrogens (tertiary/aromatic N) is 3. The van der Waals surface area contributed by atoms with Crippen molar-refractivity contribution in [3.05, 3.63) is 44.1 Å². The Labute approximate surface area is 202 Å². The number of amides is 2. The summed E-state index contributed by atoms with van der Waals surface area (Å²) in [5.74, 6) is -0.451. The van der Waals surface area contributed by atoms with Crippen LogP contribution in [0.4, 0.5) is 17.2 Å². The summed E-state index contributed by atoms with van der Waals surface area (Å²) in [7, 11) is 3.07. The second-order valence-corrected chi connectivity index (χ2v) is 8.14. The van der Waals surface area contributed by atoms with Gasteiger partial charge in [-0.05, 0) is 38.6 Å². The van der Waals surface area contributed by atoms with E-state index < -0.39 is 17.2 Å². The highest BCUT2D eigenvalue weighted by atomic mass is 35.5. The van der Waals surface area contributed by atoms with Crippen LogP contribution >= 0.6 is 11.6 Å². The summed E-state index contributed by atoms with van der Waals surface area (Å²) in [6.45, 7) is 3.85. The van der Waals surface area contributed by atoms with Gasteiger partial charge in [-0.15, -0.1) is 0 Å². The van der Waals surface area contributed by atoms with Crippen molar-refractivity contribution in [2.45, 2.75) is 33.2 Å². The molecule has 0 unspecified atom stereocenters. The standard InChI is InChI=1S/C22H31ClN6O5/c1-5-7-10-29-20(24)19(21(32)26-22(29)33)28(6-2)18(31)13-27(3)12-17(30)25-15-11-14(23)8-9-16(15)34-4/h8-9,11H,5-7,10,12-13,24H2,1-4H3,(H,25,30)(H,26,32,33). The zero-order chi connectivity index (χ0) is 25.4. The number of H-pyrrole nitrogens is 1. The molecule has 0 aliphatic rings. The van der Waals surface area contributed by atoms with E-state index in [0.29, 0.717) is 29.4 Å². The number of nitrogens with two attached hydrogens (primary N) is 1. The van der Waals surface area contributed by atoms with Gasteiger partial charge in [-0.2, -0.15) is 0 Å². The average molecular weight is 495 g/mol. The van der Waals surface area contributed by atoms with E-state index in [1.807, 2.05) is 6.92 Å². The summed E-state index contributed by atoms with van der Waals surface area (Å²) in [5.41, 5.74) is 5.10. The maximum Gasteiger partial charge on any atom is 0.330 e. The van der Waals surface area contributed by atoms with E-state index >= 15 is 0 Å². The maximum atomic E-state index is 13.0. The van der Waals surface area contributed by atoms with E-state index in [0.717, 1.165) is 6.42 Å². The molecule has 0 saturated heterocycles. The fraction of sp³-hybridized carbons (Fsp3) is 0.455. The number of nitrogen functional groups attached to an aromatic ring is 1. The Morgan fingerprint density at radius 3 is 2.56 bits per heavy atom. The Kier molecular flexibility index (Phi) is 9.69. The van der Waals surface area contributed by atoms with Crippen molar-refractivity contribution in [1.29, 1.82) is 0 Å². The quantitative estimate of drug-likeness (QED) is 0.429. The van der Waals surface area contributed by atoms with Crippen LogP contribution in [-0.2, 0) is 16.1 Å². The Hall–Kier alpha value is -3.31. The van der Waals surface area contributed by atoms with E-state index in [2.05, 4.69) is 10.3 Å². The summed E-state index contributed by atoms with van der Waals surface area (Å²) >= 11 is 5.99. The molecule has 11 nitrogen and oxygen atoms in total. The molecular weight excluding hydrogens is 464 g/mol. The topological polar surface area (TPSA) is 143 Å². The van der Waals surface area contributed by atoms with Gasteiger partial charge in [-0.3, -0.25) is 28.8 Å². The molecule has 4 N–H and O–H groups in total. The molecule has 0 fully saturated rings. The number of anilines is 3. The Morgan fingerprint density at radius 2 is 1.94 bits per heavy atom. The molecule has 2 aromatic rings. The number of carbonyl (C=O) groups is 2. The monoisotopic (exact) mass is 494 g/mol. The van der Waals surface area contributed by atoms with Crippen molar-refractivity contribution in [3.8, 4) is 5.75 Å². The zero-order valence-electron chi connectivity index (χ0n) is 19.8. The number of hydrogen-bond donors (Lipinski definition) is 3. The van der Waals surface area contributed by atoms with Crippen molar-refractivity contribution in [1.82, 2.24) is 14.5 Å². The van der Waals surface area contributed by atoms with E-state index in [-0.39, 0.29) is 37.0 Å². The number of nitrogens with one attached hydrogen (secondary N) is 2. The minimum absolute atomic E-state index is 0.0640. The second-order valence-electron chi connectivity index (χ2n) is 7.70. The molecule has 0 atom stereocenters. The summed E-state index contributed by atoms with van der Waals surface area (Å²) < 4.78 is 6.47. The maximum absolute atomic E-state index is 13.0. The van der Waals surface area contributed by atoms with Crippen molar-refractivity contribution in [2.24, 2.45) is 0 Å². The Bertz CT molecular complexity index is 1150. The van der Waals surface area contributed by atoms with Crippen LogP contribution in [0.1, 0.15) is 26.7 Å². The minimum Gasteiger partial charge on any atom is -0.495 e. The smallest absolute Gasteiger partial charge is 0.330 e. The molecule has 1 heterocycles. The average Bonchev–Trinajstić information content (AvgIpc) is 2.76. The molecule has 2 rings (SSSR count). The predicted molar refractivity (Wildman–Crippen MR) is 133 cm³/mol. The van der Waals surface area contributed by atoms with E-state index in [4.69, 9.17) is 22.1 Å². The third-order valence-electron chi connectivity index (χ3n) is 5.09. The van der Waals surface area contributed by atoms with Gasteiger partial charge in [-0.1, -0.05) is 24.9 Å². The second kappa shape index (κ2) is 12.2. The fourth-order valence-corrected chi connectivity index (χ4v) is 3.59. The number of benzene rings is 1. The van der Waals surface area contributed by atoms with Crippen molar-refractivity contribution < 1.29 is 14.3 Å². The van der Waals surface area contributed by atoms with Gasteiger partial charge in [0.1, 0.15) is 11.6 Å². The molecule has 12 heteroatoms.